The van der Waals surface area contributed by atoms with E-state index in [1.165, 1.54) is 202 Å². The molecule has 3 atom stereocenters. The minimum atomic E-state index is -0.0919. The van der Waals surface area contributed by atoms with Gasteiger partial charge in [0.1, 0.15) is 0 Å². The highest BCUT2D eigenvalue weighted by Crippen LogP contribution is 2.54. The summed E-state index contributed by atoms with van der Waals surface area (Å²) in [5.41, 5.74) is 22.7. The summed E-state index contributed by atoms with van der Waals surface area (Å²) in [5, 5.41) is 0. The van der Waals surface area contributed by atoms with Crippen molar-refractivity contribution in [3.8, 4) is 33.4 Å². The third-order valence-corrected chi connectivity index (χ3v) is 20.4. The Morgan fingerprint density at radius 2 is 0.699 bits per heavy atom. The lowest BCUT2D eigenvalue weighted by atomic mass is 9.70. The van der Waals surface area contributed by atoms with Crippen LogP contribution >= 0.6 is 0 Å². The summed E-state index contributed by atoms with van der Waals surface area (Å²) >= 11 is 0. The van der Waals surface area contributed by atoms with Gasteiger partial charge in [-0.05, 0) is 183 Å². The molecule has 6 aromatic rings. The Kier molecular flexibility index (Phi) is 14.7. The lowest BCUT2D eigenvalue weighted by molar-refractivity contribution is 0.327. The van der Waals surface area contributed by atoms with E-state index in [1.807, 2.05) is 0 Å². The highest BCUT2D eigenvalue weighted by molar-refractivity contribution is 5.89. The highest BCUT2D eigenvalue weighted by Gasteiger charge is 2.38. The Labute approximate surface area is 443 Å². The lowest BCUT2D eigenvalue weighted by Crippen LogP contribution is -2.19. The first kappa shape index (κ1) is 50.3. The average molecular weight is 969 g/mol. The topological polar surface area (TPSA) is 3.24 Å². The van der Waals surface area contributed by atoms with Crippen LogP contribution in [0.1, 0.15) is 240 Å². The van der Waals surface area contributed by atoms with E-state index in [9.17, 15) is 0 Å². The Morgan fingerprint density at radius 3 is 1.11 bits per heavy atom. The van der Waals surface area contributed by atoms with Crippen molar-refractivity contribution >= 4 is 17.1 Å². The first-order chi connectivity index (χ1) is 35.5. The van der Waals surface area contributed by atoms with Crippen LogP contribution in [0.15, 0.2) is 121 Å². The van der Waals surface area contributed by atoms with E-state index in [0.717, 1.165) is 17.8 Å². The van der Waals surface area contributed by atoms with Gasteiger partial charge in [-0.15, -0.1) is 0 Å². The summed E-state index contributed by atoms with van der Waals surface area (Å²) in [6.45, 7) is 17.6. The molecule has 0 spiro atoms. The largest absolute Gasteiger partial charge is 0.310 e. The van der Waals surface area contributed by atoms with Crippen molar-refractivity contribution < 1.29 is 0 Å². The van der Waals surface area contributed by atoms with Crippen molar-refractivity contribution in [1.82, 2.24) is 0 Å². The predicted octanol–water partition coefficient (Wildman–Crippen LogP) is 21.8. The SMILES string of the molecule is CC(c1cc(C(C)C2CCCCCCC2)c(-c2ccc(N(c3ccc4c(c3)C(C)(C)c3ccccc3-4)c3ccc4c(c3)C(C)(C)c3ccccc3-4)cc2)c(C(C)C2CCCCCCC2)c1)C1CCCCCCC1. The second-order valence-corrected chi connectivity index (χ2v) is 25.4. The Hall–Kier alpha value is -4.88. The van der Waals surface area contributed by atoms with E-state index in [1.54, 1.807) is 22.3 Å². The second kappa shape index (κ2) is 21.4. The normalized spacial score (nSPS) is 20.6. The smallest absolute Gasteiger partial charge is 0.0465 e. The zero-order chi connectivity index (χ0) is 50.3. The summed E-state index contributed by atoms with van der Waals surface area (Å²) in [4.78, 5) is 2.58. The second-order valence-electron chi connectivity index (χ2n) is 25.4. The van der Waals surface area contributed by atoms with Gasteiger partial charge in [-0.25, -0.2) is 0 Å². The molecule has 1 heteroatoms. The van der Waals surface area contributed by atoms with E-state index in [0.29, 0.717) is 17.8 Å². The van der Waals surface area contributed by atoms with Crippen LogP contribution in [0.5, 0.6) is 0 Å². The molecule has 0 saturated heterocycles. The quantitative estimate of drug-likeness (QED) is 0.132. The molecule has 5 aliphatic rings. The molecule has 3 fully saturated rings. The number of hydrogen-bond acceptors (Lipinski definition) is 1. The first-order valence-corrected chi connectivity index (χ1v) is 30.1. The molecule has 0 radical (unpaired) electrons. The van der Waals surface area contributed by atoms with Crippen LogP contribution in [-0.4, -0.2) is 0 Å². The number of nitrogens with zero attached hydrogens (tertiary/aromatic N) is 1. The van der Waals surface area contributed by atoms with Crippen LogP contribution in [0.3, 0.4) is 0 Å². The number of anilines is 3. The van der Waals surface area contributed by atoms with Crippen molar-refractivity contribution in [3.63, 3.8) is 0 Å². The lowest BCUT2D eigenvalue weighted by Gasteiger charge is -2.35. The van der Waals surface area contributed by atoms with E-state index in [4.69, 9.17) is 0 Å². The monoisotopic (exact) mass is 968 g/mol. The summed E-state index contributed by atoms with van der Waals surface area (Å²) < 4.78 is 0. The maximum Gasteiger partial charge on any atom is 0.0465 e. The molecule has 0 heterocycles. The predicted molar refractivity (Wildman–Crippen MR) is 314 cm³/mol. The maximum absolute atomic E-state index is 2.81. The Balaban J connectivity index is 1.07. The van der Waals surface area contributed by atoms with Gasteiger partial charge in [-0.3, -0.25) is 0 Å². The molecule has 0 N–H and O–H groups in total. The summed E-state index contributed by atoms with van der Waals surface area (Å²) in [7, 11) is 0. The van der Waals surface area contributed by atoms with Crippen LogP contribution in [0.25, 0.3) is 33.4 Å². The molecule has 11 rings (SSSR count). The molecule has 1 nitrogen and oxygen atoms in total. The van der Waals surface area contributed by atoms with Crippen LogP contribution < -0.4 is 4.90 Å². The van der Waals surface area contributed by atoms with Crippen LogP contribution in [0, 0.1) is 17.8 Å². The van der Waals surface area contributed by atoms with Gasteiger partial charge in [-0.2, -0.15) is 0 Å². The average Bonchev–Trinajstić information content (AvgIpc) is 3.74. The van der Waals surface area contributed by atoms with Crippen molar-refractivity contribution in [2.45, 2.75) is 212 Å². The minimum absolute atomic E-state index is 0.0919. The van der Waals surface area contributed by atoms with E-state index in [-0.39, 0.29) is 10.8 Å². The molecule has 382 valence electrons. The molecular weight excluding hydrogens is 879 g/mol. The fourth-order valence-electron chi connectivity index (χ4n) is 15.7. The van der Waals surface area contributed by atoms with Crippen LogP contribution in [0.4, 0.5) is 17.1 Å². The fourth-order valence-corrected chi connectivity index (χ4v) is 15.7. The molecular formula is C72H89N. The minimum Gasteiger partial charge on any atom is -0.310 e. The zero-order valence-corrected chi connectivity index (χ0v) is 46.3. The van der Waals surface area contributed by atoms with Crippen LogP contribution in [-0.2, 0) is 10.8 Å². The van der Waals surface area contributed by atoms with Gasteiger partial charge < -0.3 is 4.90 Å². The summed E-state index contributed by atoms with van der Waals surface area (Å²) in [6.07, 6.45) is 29.3. The Morgan fingerprint density at radius 1 is 0.356 bits per heavy atom. The summed E-state index contributed by atoms with van der Waals surface area (Å²) in [5.74, 6) is 3.88. The van der Waals surface area contributed by atoms with Gasteiger partial charge in [0.15, 0.2) is 0 Å². The van der Waals surface area contributed by atoms with Crippen molar-refractivity contribution in [2.24, 2.45) is 17.8 Å². The van der Waals surface area contributed by atoms with Crippen molar-refractivity contribution in [3.05, 3.63) is 160 Å². The van der Waals surface area contributed by atoms with Gasteiger partial charge >= 0.3 is 0 Å². The molecule has 0 amide bonds. The molecule has 6 aromatic carbocycles. The van der Waals surface area contributed by atoms with Gasteiger partial charge in [-0.1, -0.05) is 230 Å². The molecule has 5 aliphatic carbocycles. The molecule has 73 heavy (non-hydrogen) atoms. The first-order valence-electron chi connectivity index (χ1n) is 30.1. The zero-order valence-electron chi connectivity index (χ0n) is 46.3. The van der Waals surface area contributed by atoms with Crippen molar-refractivity contribution in [2.75, 3.05) is 4.90 Å². The van der Waals surface area contributed by atoms with Gasteiger partial charge in [0, 0.05) is 27.9 Å². The summed E-state index contributed by atoms with van der Waals surface area (Å²) in [6, 6.07) is 48.6. The van der Waals surface area contributed by atoms with Crippen LogP contribution in [0.2, 0.25) is 0 Å². The maximum atomic E-state index is 2.81. The molecule has 0 bridgehead atoms. The highest BCUT2D eigenvalue weighted by atomic mass is 15.1. The number of rotatable bonds is 10. The third-order valence-electron chi connectivity index (χ3n) is 20.4. The molecule has 3 unspecified atom stereocenters. The number of fused-ring (bicyclic) bond motifs is 6. The fraction of sp³-hybridized carbons (Fsp3) is 0.500. The van der Waals surface area contributed by atoms with E-state index in [2.05, 4.69) is 175 Å². The van der Waals surface area contributed by atoms with E-state index >= 15 is 0 Å². The molecule has 0 aliphatic heterocycles. The van der Waals surface area contributed by atoms with Crippen molar-refractivity contribution in [1.29, 1.82) is 0 Å². The van der Waals surface area contributed by atoms with E-state index < -0.39 is 0 Å². The van der Waals surface area contributed by atoms with Gasteiger partial charge in [0.2, 0.25) is 0 Å². The van der Waals surface area contributed by atoms with Gasteiger partial charge in [0.25, 0.3) is 0 Å². The number of hydrogen-bond donors (Lipinski definition) is 0. The molecule has 3 saturated carbocycles. The number of benzene rings is 6. The third kappa shape index (κ3) is 9.72. The van der Waals surface area contributed by atoms with Gasteiger partial charge in [0.05, 0.1) is 0 Å². The molecule has 0 aromatic heterocycles. The standard InChI is InChI=1S/C72H89N/c1-49(52-27-17-11-8-12-18-28-52)56-45-64(50(2)53-29-19-13-9-14-20-30-53)70(65(46-56)51(3)54-31-21-15-10-16-22-32-54)55-37-39-57(40-38-55)73(58-41-43-62-60-33-23-25-35-66(60)71(4,5)68(62)47-58)59-42-44-63-61-34-24-26-36-67(61)72(6,7)69(63)48-59/h23-26,33-54H,8-22,27-32H2,1-7H3. The Bertz CT molecular complexity index is 2690.